The fraction of sp³-hybridized carbons (Fsp3) is 0.674. The highest BCUT2D eigenvalue weighted by molar-refractivity contribution is 5.90. The molecule has 4 aliphatic rings. The van der Waals surface area contributed by atoms with Crippen molar-refractivity contribution in [2.45, 2.75) is 117 Å². The Kier molecular flexibility index (Phi) is 10.7. The van der Waals surface area contributed by atoms with E-state index in [0.717, 1.165) is 41.5 Å². The number of hydrogen-bond donors (Lipinski definition) is 2. The molecule has 268 valence electrons. The van der Waals surface area contributed by atoms with Crippen molar-refractivity contribution in [2.75, 3.05) is 24.9 Å². The van der Waals surface area contributed by atoms with Gasteiger partial charge < -0.3 is 20.1 Å². The van der Waals surface area contributed by atoms with E-state index < -0.39 is 0 Å². The number of fused-ring (bicyclic) bond motifs is 5. The Bertz CT molecular complexity index is 1440. The molecule has 4 aliphatic carbocycles. The summed E-state index contributed by atoms with van der Waals surface area (Å²) in [5.41, 5.74) is 4.11. The summed E-state index contributed by atoms with van der Waals surface area (Å²) in [6, 6.07) is 16.5. The predicted octanol–water partition coefficient (Wildman–Crippen LogP) is 10.3. The summed E-state index contributed by atoms with van der Waals surface area (Å²) in [6.45, 7) is 12.6. The maximum atomic E-state index is 12.2. The van der Waals surface area contributed by atoms with E-state index in [-0.39, 0.29) is 11.9 Å². The van der Waals surface area contributed by atoms with Gasteiger partial charge in [0, 0.05) is 23.5 Å². The van der Waals surface area contributed by atoms with Crippen LogP contribution in [0.3, 0.4) is 0 Å². The molecule has 2 aromatic carbocycles. The molecule has 0 spiro atoms. The van der Waals surface area contributed by atoms with Crippen molar-refractivity contribution in [1.29, 1.82) is 0 Å². The molecule has 0 radical (unpaired) electrons. The number of anilines is 2. The minimum absolute atomic E-state index is 0.289. The first kappa shape index (κ1) is 35.8. The summed E-state index contributed by atoms with van der Waals surface area (Å²) < 4.78 is 9.88. The normalized spacial score (nSPS) is 34.2. The van der Waals surface area contributed by atoms with E-state index in [0.29, 0.717) is 51.8 Å². The summed E-state index contributed by atoms with van der Waals surface area (Å²) in [4.78, 5) is 24.2. The first-order valence-electron chi connectivity index (χ1n) is 19.4. The summed E-state index contributed by atoms with van der Waals surface area (Å²) in [7, 11) is 2.87. The van der Waals surface area contributed by atoms with Gasteiger partial charge in [0.2, 0.25) is 0 Å². The SMILES string of the molecule is COC(=O)c1ccc(N[C@@H]2CC[C@@]3(C)[C@H](C2)C[C@@H](Nc2ccc(C(=O)OC)cc2)[C@@H]2[C@@H]3CC[C@]3(C)[C@@H]([C@H](C)CCCC(C)C)CC[C@@H]23)cc1. The van der Waals surface area contributed by atoms with Crippen LogP contribution in [-0.2, 0) is 9.47 Å². The molecule has 0 unspecified atom stereocenters. The second-order valence-electron chi connectivity index (χ2n) is 17.3. The molecule has 0 amide bonds. The van der Waals surface area contributed by atoms with Gasteiger partial charge in [-0.15, -0.1) is 0 Å². The lowest BCUT2D eigenvalue weighted by molar-refractivity contribution is -0.120. The first-order chi connectivity index (χ1) is 23.5. The summed E-state index contributed by atoms with van der Waals surface area (Å²) in [6.07, 6.45) is 14.3. The third-order valence-corrected chi connectivity index (χ3v) is 14.3. The fourth-order valence-electron chi connectivity index (χ4n) is 11.7. The molecule has 2 aromatic rings. The van der Waals surface area contributed by atoms with Crippen LogP contribution in [0.2, 0.25) is 0 Å². The Labute approximate surface area is 295 Å². The summed E-state index contributed by atoms with van der Waals surface area (Å²) in [5.74, 6) is 4.55. The number of carbonyl (C=O) groups excluding carboxylic acids is 2. The Morgan fingerprint density at radius 2 is 1.31 bits per heavy atom. The van der Waals surface area contributed by atoms with Crippen LogP contribution in [0.5, 0.6) is 0 Å². The Morgan fingerprint density at radius 1 is 0.735 bits per heavy atom. The van der Waals surface area contributed by atoms with E-state index in [4.69, 9.17) is 9.47 Å². The Morgan fingerprint density at radius 3 is 1.90 bits per heavy atom. The molecule has 49 heavy (non-hydrogen) atoms. The van der Waals surface area contributed by atoms with Crippen LogP contribution in [0, 0.1) is 52.3 Å². The molecule has 0 aliphatic heterocycles. The smallest absolute Gasteiger partial charge is 0.337 e. The fourth-order valence-corrected chi connectivity index (χ4v) is 11.7. The van der Waals surface area contributed by atoms with E-state index in [9.17, 15) is 9.59 Å². The van der Waals surface area contributed by atoms with Crippen LogP contribution >= 0.6 is 0 Å². The predicted molar refractivity (Wildman–Crippen MR) is 199 cm³/mol. The molecule has 0 bridgehead atoms. The molecule has 0 heterocycles. The number of nitrogens with one attached hydrogen (secondary N) is 2. The van der Waals surface area contributed by atoms with Crippen LogP contribution in [0.25, 0.3) is 0 Å². The van der Waals surface area contributed by atoms with Gasteiger partial charge in [-0.05, 0) is 152 Å². The van der Waals surface area contributed by atoms with Gasteiger partial charge in [0.05, 0.1) is 25.3 Å². The molecular formula is C43H62N2O4. The highest BCUT2D eigenvalue weighted by Gasteiger charge is 2.63. The van der Waals surface area contributed by atoms with Crippen molar-refractivity contribution in [3.63, 3.8) is 0 Å². The van der Waals surface area contributed by atoms with Gasteiger partial charge in [0.25, 0.3) is 0 Å². The molecule has 10 atom stereocenters. The second kappa shape index (κ2) is 14.7. The lowest BCUT2D eigenvalue weighted by atomic mass is 9.43. The zero-order valence-corrected chi connectivity index (χ0v) is 31.2. The molecule has 6 nitrogen and oxygen atoms in total. The molecule has 4 fully saturated rings. The van der Waals surface area contributed by atoms with Gasteiger partial charge in [-0.2, -0.15) is 0 Å². The lowest BCUT2D eigenvalue weighted by Gasteiger charge is -2.63. The molecule has 6 rings (SSSR count). The number of ether oxygens (including phenoxy) is 2. The minimum Gasteiger partial charge on any atom is -0.465 e. The zero-order chi connectivity index (χ0) is 34.9. The van der Waals surface area contributed by atoms with Crippen LogP contribution < -0.4 is 10.6 Å². The summed E-state index contributed by atoms with van der Waals surface area (Å²) >= 11 is 0. The number of hydrogen-bond acceptors (Lipinski definition) is 6. The van der Waals surface area contributed by atoms with E-state index >= 15 is 0 Å². The van der Waals surface area contributed by atoms with E-state index in [1.165, 1.54) is 78.4 Å². The minimum atomic E-state index is -0.298. The average molecular weight is 671 g/mol. The Balaban J connectivity index is 1.24. The molecule has 0 aromatic heterocycles. The molecule has 0 saturated heterocycles. The number of esters is 2. The zero-order valence-electron chi connectivity index (χ0n) is 31.2. The van der Waals surface area contributed by atoms with Crippen molar-refractivity contribution in [3.8, 4) is 0 Å². The van der Waals surface area contributed by atoms with E-state index in [1.807, 2.05) is 36.4 Å². The van der Waals surface area contributed by atoms with Gasteiger partial charge in [0.1, 0.15) is 0 Å². The monoisotopic (exact) mass is 670 g/mol. The second-order valence-corrected chi connectivity index (χ2v) is 17.3. The maximum absolute atomic E-state index is 12.2. The quantitative estimate of drug-likeness (QED) is 0.232. The largest absolute Gasteiger partial charge is 0.465 e. The Hall–Kier alpha value is -3.02. The topological polar surface area (TPSA) is 76.7 Å². The average Bonchev–Trinajstić information content (AvgIpc) is 3.45. The van der Waals surface area contributed by atoms with E-state index in [2.05, 4.69) is 57.4 Å². The van der Waals surface area contributed by atoms with Gasteiger partial charge in [0.15, 0.2) is 0 Å². The number of carbonyl (C=O) groups is 2. The van der Waals surface area contributed by atoms with Gasteiger partial charge in [-0.25, -0.2) is 9.59 Å². The van der Waals surface area contributed by atoms with Crippen molar-refractivity contribution >= 4 is 23.3 Å². The molecule has 4 saturated carbocycles. The van der Waals surface area contributed by atoms with Crippen molar-refractivity contribution in [3.05, 3.63) is 59.7 Å². The van der Waals surface area contributed by atoms with Crippen molar-refractivity contribution < 1.29 is 19.1 Å². The highest BCUT2D eigenvalue weighted by Crippen LogP contribution is 2.68. The third kappa shape index (κ3) is 7.13. The lowest BCUT2D eigenvalue weighted by Crippen LogP contribution is -2.60. The van der Waals surface area contributed by atoms with Crippen molar-refractivity contribution in [2.24, 2.45) is 52.3 Å². The van der Waals surface area contributed by atoms with Gasteiger partial charge in [-0.3, -0.25) is 0 Å². The summed E-state index contributed by atoms with van der Waals surface area (Å²) in [5, 5.41) is 7.95. The molecule has 6 heteroatoms. The van der Waals surface area contributed by atoms with E-state index in [1.54, 1.807) is 0 Å². The van der Waals surface area contributed by atoms with Crippen molar-refractivity contribution in [1.82, 2.24) is 0 Å². The standard InChI is InChI=1S/C43H62N2O4/c1-27(2)9-8-10-28(3)35-19-20-36-39-37(22-24-43(35,36)5)42(4)23-21-34(44-32-15-11-29(12-16-32)40(46)48-6)25-31(42)26-38(39)45-33-17-13-30(14-18-33)41(47)49-7/h11-18,27-28,31,34-39,44-45H,8-10,19-26H2,1-7H3/t28-,31-,34-,35-,36+,37+,38-,39+,42+,43-/m1/s1. The van der Waals surface area contributed by atoms with Crippen LogP contribution in [0.4, 0.5) is 11.4 Å². The van der Waals surface area contributed by atoms with Crippen LogP contribution in [-0.4, -0.2) is 38.2 Å². The number of benzene rings is 2. The highest BCUT2D eigenvalue weighted by atomic mass is 16.5. The number of methoxy groups -OCH3 is 2. The maximum Gasteiger partial charge on any atom is 0.337 e. The molecule has 2 N–H and O–H groups in total. The first-order valence-corrected chi connectivity index (χ1v) is 19.4. The molecular weight excluding hydrogens is 608 g/mol. The van der Waals surface area contributed by atoms with Gasteiger partial charge >= 0.3 is 11.9 Å². The van der Waals surface area contributed by atoms with Gasteiger partial charge in [-0.1, -0.05) is 53.9 Å². The van der Waals surface area contributed by atoms with Crippen LogP contribution in [0.15, 0.2) is 48.5 Å². The third-order valence-electron chi connectivity index (χ3n) is 14.3. The number of rotatable bonds is 11. The van der Waals surface area contributed by atoms with Crippen LogP contribution in [0.1, 0.15) is 126 Å².